The van der Waals surface area contributed by atoms with E-state index in [0.29, 0.717) is 48.1 Å². The Morgan fingerprint density at radius 1 is 1.20 bits per heavy atom. The number of rotatable bonds is 13. The van der Waals surface area contributed by atoms with Crippen LogP contribution < -0.4 is 15.0 Å². The van der Waals surface area contributed by atoms with E-state index >= 15 is 0 Å². The molecule has 10 nitrogen and oxygen atoms in total. The second kappa shape index (κ2) is 14.3. The van der Waals surface area contributed by atoms with Gasteiger partial charge in [0.2, 0.25) is 17.7 Å². The Balaban J connectivity index is 1.19. The minimum Gasteiger partial charge on any atom is -0.493 e. The number of amides is 1. The van der Waals surface area contributed by atoms with Crippen LogP contribution in [0, 0.1) is 23.5 Å². The fourth-order valence-corrected chi connectivity index (χ4v) is 4.77. The molecule has 1 aliphatic rings. The number of benzene rings is 1. The van der Waals surface area contributed by atoms with Gasteiger partial charge in [-0.15, -0.1) is 0 Å². The summed E-state index contributed by atoms with van der Waals surface area (Å²) in [6.07, 6.45) is 8.23. The molecular weight excluding hydrogens is 534 g/mol. The normalized spacial score (nSPS) is 14.9. The Kier molecular flexibility index (Phi) is 10.6. The van der Waals surface area contributed by atoms with Crippen LogP contribution in [-0.2, 0) is 6.42 Å². The maximum Gasteiger partial charge on any atom is 0.257 e. The molecule has 0 radical (unpaired) electrons. The van der Waals surface area contributed by atoms with Gasteiger partial charge in [0.25, 0.3) is 5.91 Å². The number of nitrogens with zero attached hydrogens (tertiary/aromatic N) is 5. The standard InChI is InChI=1S/C29H38F2N6O4/c1-4-21(17-38)34-28(39)26-23(30)13-22(14-24(26)31)40-11-5-6-19-7-9-37(10-8-19)29-32-15-20(16-33-29)27-35-25(41-36-27)12-18(2)3/h13-16,18-19,21,38H,4-12,17H2,1-3H3,(H,34,39)/t21-/m1/s1. The van der Waals surface area contributed by atoms with Crippen LogP contribution in [0.2, 0.25) is 0 Å². The molecule has 2 N–H and O–H groups in total. The van der Waals surface area contributed by atoms with Crippen LogP contribution in [0.5, 0.6) is 5.75 Å². The number of halogens is 2. The SMILES string of the molecule is CC[C@H](CO)NC(=O)c1c(F)cc(OCCCC2CCN(c3ncc(-c4noc(CC(C)C)n4)cn3)CC2)cc1F. The number of hydrogen-bond acceptors (Lipinski definition) is 9. The third kappa shape index (κ3) is 8.18. The molecule has 1 atom stereocenters. The van der Waals surface area contributed by atoms with Crippen LogP contribution in [0.1, 0.15) is 69.1 Å². The highest BCUT2D eigenvalue weighted by molar-refractivity contribution is 5.95. The molecule has 0 bridgehead atoms. The Morgan fingerprint density at radius 3 is 2.49 bits per heavy atom. The average Bonchev–Trinajstić information content (AvgIpc) is 3.42. The third-order valence-electron chi connectivity index (χ3n) is 7.16. The first-order valence-corrected chi connectivity index (χ1v) is 14.2. The average molecular weight is 573 g/mol. The Hall–Kier alpha value is -3.67. The largest absolute Gasteiger partial charge is 0.493 e. The van der Waals surface area contributed by atoms with E-state index in [2.05, 4.69) is 44.2 Å². The van der Waals surface area contributed by atoms with Crippen molar-refractivity contribution in [3.8, 4) is 17.1 Å². The van der Waals surface area contributed by atoms with E-state index in [1.54, 1.807) is 19.3 Å². The van der Waals surface area contributed by atoms with Gasteiger partial charge >= 0.3 is 0 Å². The van der Waals surface area contributed by atoms with Gasteiger partial charge in [0.15, 0.2) is 0 Å². The number of aliphatic hydroxyl groups is 1. The van der Waals surface area contributed by atoms with Crippen LogP contribution in [0.3, 0.4) is 0 Å². The van der Waals surface area contributed by atoms with Gasteiger partial charge in [0.1, 0.15) is 22.9 Å². The topological polar surface area (TPSA) is 126 Å². The molecule has 0 unspecified atom stereocenters. The lowest BCUT2D eigenvalue weighted by Crippen LogP contribution is -2.37. The maximum atomic E-state index is 14.5. The number of hydrogen-bond donors (Lipinski definition) is 2. The lowest BCUT2D eigenvalue weighted by atomic mass is 9.92. The minimum atomic E-state index is -0.999. The highest BCUT2D eigenvalue weighted by Crippen LogP contribution is 2.26. The highest BCUT2D eigenvalue weighted by Gasteiger charge is 2.23. The molecule has 3 heterocycles. The van der Waals surface area contributed by atoms with Crippen molar-refractivity contribution >= 4 is 11.9 Å². The first-order valence-electron chi connectivity index (χ1n) is 14.2. The second-order valence-electron chi connectivity index (χ2n) is 10.8. The van der Waals surface area contributed by atoms with E-state index in [4.69, 9.17) is 9.26 Å². The Labute approximate surface area is 238 Å². The molecule has 41 heavy (non-hydrogen) atoms. The number of aliphatic hydroxyl groups excluding tert-OH is 1. The summed E-state index contributed by atoms with van der Waals surface area (Å²) in [7, 11) is 0. The van der Waals surface area contributed by atoms with Crippen molar-refractivity contribution in [3.05, 3.63) is 47.6 Å². The number of nitrogens with one attached hydrogen (secondary N) is 1. The molecule has 1 aromatic carbocycles. The molecule has 1 fully saturated rings. The van der Waals surface area contributed by atoms with Gasteiger partial charge in [-0.3, -0.25) is 4.79 Å². The van der Waals surface area contributed by atoms with Crippen LogP contribution in [-0.4, -0.2) is 63.5 Å². The molecule has 2 aromatic heterocycles. The van der Waals surface area contributed by atoms with E-state index in [1.807, 2.05) is 0 Å². The smallest absolute Gasteiger partial charge is 0.257 e. The summed E-state index contributed by atoms with van der Waals surface area (Å²) in [4.78, 5) is 27.8. The number of ether oxygens (including phenoxy) is 1. The van der Waals surface area contributed by atoms with Gasteiger partial charge in [-0.25, -0.2) is 18.7 Å². The monoisotopic (exact) mass is 572 g/mol. The number of carbonyl (C=O) groups excluding carboxylic acids is 1. The Morgan fingerprint density at radius 2 is 1.88 bits per heavy atom. The van der Waals surface area contributed by atoms with Gasteiger partial charge in [-0.2, -0.15) is 4.98 Å². The van der Waals surface area contributed by atoms with E-state index in [1.165, 1.54) is 0 Å². The van der Waals surface area contributed by atoms with Gasteiger partial charge in [-0.1, -0.05) is 25.9 Å². The summed E-state index contributed by atoms with van der Waals surface area (Å²) in [5.74, 6) is -0.161. The van der Waals surface area contributed by atoms with Crippen LogP contribution >= 0.6 is 0 Å². The van der Waals surface area contributed by atoms with Crippen LogP contribution in [0.25, 0.3) is 11.4 Å². The summed E-state index contributed by atoms with van der Waals surface area (Å²) in [5, 5.41) is 15.7. The first kappa shape index (κ1) is 30.3. The third-order valence-corrected chi connectivity index (χ3v) is 7.16. The quantitative estimate of drug-likeness (QED) is 0.283. The molecule has 1 amide bonds. The highest BCUT2D eigenvalue weighted by atomic mass is 19.1. The Bertz CT molecular complexity index is 1250. The van der Waals surface area contributed by atoms with E-state index < -0.39 is 29.1 Å². The summed E-state index contributed by atoms with van der Waals surface area (Å²) in [5.41, 5.74) is 0.0344. The van der Waals surface area contributed by atoms with Crippen molar-refractivity contribution in [3.63, 3.8) is 0 Å². The summed E-state index contributed by atoms with van der Waals surface area (Å²) in [6.45, 7) is 7.61. The van der Waals surface area contributed by atoms with Crippen molar-refractivity contribution in [2.45, 2.75) is 65.3 Å². The number of piperidine rings is 1. The van der Waals surface area contributed by atoms with Gasteiger partial charge in [0, 0.05) is 44.0 Å². The predicted molar refractivity (Wildman–Crippen MR) is 149 cm³/mol. The van der Waals surface area contributed by atoms with Gasteiger partial charge in [0.05, 0.1) is 24.8 Å². The molecule has 0 spiro atoms. The van der Waals surface area contributed by atoms with Gasteiger partial charge < -0.3 is 24.6 Å². The van der Waals surface area contributed by atoms with Crippen molar-refractivity contribution in [2.24, 2.45) is 11.8 Å². The molecule has 12 heteroatoms. The number of anilines is 1. The molecule has 222 valence electrons. The van der Waals surface area contributed by atoms with E-state index in [-0.39, 0.29) is 12.4 Å². The minimum absolute atomic E-state index is 0.0399. The molecule has 4 rings (SSSR count). The van der Waals surface area contributed by atoms with Crippen molar-refractivity contribution < 1.29 is 27.9 Å². The predicted octanol–water partition coefficient (Wildman–Crippen LogP) is 4.58. The zero-order valence-corrected chi connectivity index (χ0v) is 23.8. The first-order chi connectivity index (χ1) is 19.8. The second-order valence-corrected chi connectivity index (χ2v) is 10.8. The molecule has 0 aliphatic carbocycles. The number of aromatic nitrogens is 4. The maximum absolute atomic E-state index is 14.5. The molecule has 1 aliphatic heterocycles. The molecular formula is C29H38F2N6O4. The zero-order valence-electron chi connectivity index (χ0n) is 23.8. The van der Waals surface area contributed by atoms with Crippen molar-refractivity contribution in [1.29, 1.82) is 0 Å². The summed E-state index contributed by atoms with van der Waals surface area (Å²) >= 11 is 0. The number of carbonyl (C=O) groups is 1. The fraction of sp³-hybridized carbons (Fsp3) is 0.552. The molecule has 1 saturated heterocycles. The summed E-state index contributed by atoms with van der Waals surface area (Å²) in [6, 6.07) is 1.47. The lowest BCUT2D eigenvalue weighted by molar-refractivity contribution is 0.0906. The van der Waals surface area contributed by atoms with E-state index in [0.717, 1.165) is 57.3 Å². The van der Waals surface area contributed by atoms with Crippen LogP contribution in [0.4, 0.5) is 14.7 Å². The van der Waals surface area contributed by atoms with Crippen LogP contribution in [0.15, 0.2) is 29.0 Å². The zero-order chi connectivity index (χ0) is 29.4. The molecule has 0 saturated carbocycles. The van der Waals surface area contributed by atoms with Gasteiger partial charge in [-0.05, 0) is 43.9 Å². The fourth-order valence-electron chi connectivity index (χ4n) is 4.77. The summed E-state index contributed by atoms with van der Waals surface area (Å²) < 4.78 is 39.8. The lowest BCUT2D eigenvalue weighted by Gasteiger charge is -2.32. The molecule has 3 aromatic rings. The van der Waals surface area contributed by atoms with Crippen molar-refractivity contribution in [2.75, 3.05) is 31.2 Å². The van der Waals surface area contributed by atoms with E-state index in [9.17, 15) is 18.7 Å². The van der Waals surface area contributed by atoms with Crippen molar-refractivity contribution in [1.82, 2.24) is 25.4 Å².